The molecular formula is C12H15NO2S. The van der Waals surface area contributed by atoms with Crippen LogP contribution in [0, 0.1) is 0 Å². The van der Waals surface area contributed by atoms with E-state index in [1.165, 1.54) is 6.08 Å². The van der Waals surface area contributed by atoms with Gasteiger partial charge in [0.1, 0.15) is 5.75 Å². The van der Waals surface area contributed by atoms with Gasteiger partial charge in [-0.05, 0) is 30.3 Å². The molecular weight excluding hydrogens is 222 g/mol. The van der Waals surface area contributed by atoms with E-state index in [1.54, 1.807) is 18.9 Å². The summed E-state index contributed by atoms with van der Waals surface area (Å²) in [6.07, 6.45) is 1.28. The molecule has 0 radical (unpaired) electrons. The van der Waals surface area contributed by atoms with Gasteiger partial charge in [0.2, 0.25) is 5.91 Å². The van der Waals surface area contributed by atoms with Crippen molar-refractivity contribution in [2.45, 2.75) is 4.90 Å². The second-order valence-corrected chi connectivity index (χ2v) is 4.19. The zero-order chi connectivity index (χ0) is 11.8. The highest BCUT2D eigenvalue weighted by Gasteiger charge is 1.96. The molecule has 1 amide bonds. The molecule has 0 spiro atoms. The SMILES string of the molecule is C=CC(=O)NCCSc1ccc(OC)cc1. The van der Waals surface area contributed by atoms with Crippen LogP contribution >= 0.6 is 11.8 Å². The van der Waals surface area contributed by atoms with Gasteiger partial charge in [0.05, 0.1) is 7.11 Å². The summed E-state index contributed by atoms with van der Waals surface area (Å²) in [6.45, 7) is 4.02. The van der Waals surface area contributed by atoms with Crippen molar-refractivity contribution in [2.24, 2.45) is 0 Å². The summed E-state index contributed by atoms with van der Waals surface area (Å²) in [5.41, 5.74) is 0. The summed E-state index contributed by atoms with van der Waals surface area (Å²) in [5.74, 6) is 1.56. The van der Waals surface area contributed by atoms with Crippen LogP contribution in [0.15, 0.2) is 41.8 Å². The topological polar surface area (TPSA) is 38.3 Å². The maximum Gasteiger partial charge on any atom is 0.243 e. The summed E-state index contributed by atoms with van der Waals surface area (Å²) in [4.78, 5) is 12.0. The molecule has 0 saturated heterocycles. The third-order valence-electron chi connectivity index (χ3n) is 1.91. The Hall–Kier alpha value is -1.42. The number of rotatable bonds is 6. The lowest BCUT2D eigenvalue weighted by Crippen LogP contribution is -2.23. The number of ether oxygens (including phenoxy) is 1. The first kappa shape index (κ1) is 12.6. The zero-order valence-electron chi connectivity index (χ0n) is 9.23. The predicted molar refractivity (Wildman–Crippen MR) is 66.9 cm³/mol. The van der Waals surface area contributed by atoms with Crippen molar-refractivity contribution in [3.05, 3.63) is 36.9 Å². The molecule has 16 heavy (non-hydrogen) atoms. The number of hydrogen-bond donors (Lipinski definition) is 1. The van der Waals surface area contributed by atoms with Crippen LogP contribution in [-0.2, 0) is 4.79 Å². The van der Waals surface area contributed by atoms with E-state index in [1.807, 2.05) is 24.3 Å². The average molecular weight is 237 g/mol. The number of carbonyl (C=O) groups is 1. The molecule has 86 valence electrons. The van der Waals surface area contributed by atoms with E-state index < -0.39 is 0 Å². The van der Waals surface area contributed by atoms with Gasteiger partial charge in [-0.15, -0.1) is 11.8 Å². The van der Waals surface area contributed by atoms with Gasteiger partial charge in [0.15, 0.2) is 0 Å². The van der Waals surface area contributed by atoms with E-state index in [2.05, 4.69) is 11.9 Å². The van der Waals surface area contributed by atoms with Crippen LogP contribution in [-0.4, -0.2) is 25.3 Å². The first-order valence-corrected chi connectivity index (χ1v) is 5.92. The van der Waals surface area contributed by atoms with Crippen molar-refractivity contribution in [2.75, 3.05) is 19.4 Å². The second-order valence-electron chi connectivity index (χ2n) is 3.02. The van der Waals surface area contributed by atoms with E-state index in [0.717, 1.165) is 16.4 Å². The first-order valence-electron chi connectivity index (χ1n) is 4.93. The summed E-state index contributed by atoms with van der Waals surface area (Å²) < 4.78 is 5.06. The zero-order valence-corrected chi connectivity index (χ0v) is 10.0. The van der Waals surface area contributed by atoms with Gasteiger partial charge >= 0.3 is 0 Å². The molecule has 0 aliphatic carbocycles. The van der Waals surface area contributed by atoms with Gasteiger partial charge in [-0.1, -0.05) is 6.58 Å². The first-order chi connectivity index (χ1) is 7.76. The Kier molecular flexibility index (Phi) is 5.50. The second kappa shape index (κ2) is 6.95. The van der Waals surface area contributed by atoms with Crippen LogP contribution in [0.4, 0.5) is 0 Å². The molecule has 3 nitrogen and oxygen atoms in total. The Balaban J connectivity index is 2.26. The van der Waals surface area contributed by atoms with Crippen molar-refractivity contribution in [1.29, 1.82) is 0 Å². The van der Waals surface area contributed by atoms with Gasteiger partial charge in [-0.2, -0.15) is 0 Å². The summed E-state index contributed by atoms with van der Waals surface area (Å²) in [5, 5.41) is 2.72. The molecule has 0 fully saturated rings. The fourth-order valence-electron chi connectivity index (χ4n) is 1.09. The van der Waals surface area contributed by atoms with Crippen LogP contribution in [0.25, 0.3) is 0 Å². The standard InChI is InChI=1S/C12H15NO2S/c1-3-12(14)13-8-9-16-11-6-4-10(15-2)5-7-11/h3-7H,1,8-9H2,2H3,(H,13,14). The van der Waals surface area contributed by atoms with Crippen molar-refractivity contribution in [1.82, 2.24) is 5.32 Å². The number of methoxy groups -OCH3 is 1. The minimum Gasteiger partial charge on any atom is -0.497 e. The minimum absolute atomic E-state index is 0.129. The third-order valence-corrected chi connectivity index (χ3v) is 2.93. The predicted octanol–water partition coefficient (Wildman–Crippen LogP) is 2.09. The van der Waals surface area contributed by atoms with Crippen molar-refractivity contribution in [3.8, 4) is 5.75 Å². The quantitative estimate of drug-likeness (QED) is 0.468. The average Bonchev–Trinajstić information content (AvgIpc) is 2.35. The number of nitrogens with one attached hydrogen (secondary N) is 1. The molecule has 4 heteroatoms. The lowest BCUT2D eigenvalue weighted by Gasteiger charge is -2.04. The Morgan fingerprint density at radius 1 is 1.50 bits per heavy atom. The van der Waals surface area contributed by atoms with Crippen molar-refractivity contribution in [3.63, 3.8) is 0 Å². The molecule has 0 unspecified atom stereocenters. The minimum atomic E-state index is -0.129. The molecule has 0 atom stereocenters. The maximum absolute atomic E-state index is 10.9. The normalized spacial score (nSPS) is 9.56. The van der Waals surface area contributed by atoms with E-state index in [4.69, 9.17) is 4.74 Å². The number of thioether (sulfide) groups is 1. The van der Waals surface area contributed by atoms with Crippen LogP contribution in [0.5, 0.6) is 5.75 Å². The fraction of sp³-hybridized carbons (Fsp3) is 0.250. The lowest BCUT2D eigenvalue weighted by atomic mass is 10.3. The van der Waals surface area contributed by atoms with E-state index in [0.29, 0.717) is 6.54 Å². The van der Waals surface area contributed by atoms with E-state index in [-0.39, 0.29) is 5.91 Å². The monoisotopic (exact) mass is 237 g/mol. The number of benzene rings is 1. The van der Waals surface area contributed by atoms with Crippen LogP contribution < -0.4 is 10.1 Å². The maximum atomic E-state index is 10.9. The highest BCUT2D eigenvalue weighted by Crippen LogP contribution is 2.20. The molecule has 0 saturated carbocycles. The number of carbonyl (C=O) groups excluding carboxylic acids is 1. The summed E-state index contributed by atoms with van der Waals surface area (Å²) in [6, 6.07) is 7.84. The van der Waals surface area contributed by atoms with Crippen LogP contribution in [0.3, 0.4) is 0 Å². The Bertz CT molecular complexity index is 349. The molecule has 1 N–H and O–H groups in total. The van der Waals surface area contributed by atoms with E-state index >= 15 is 0 Å². The molecule has 0 aromatic heterocycles. The Morgan fingerprint density at radius 2 is 2.19 bits per heavy atom. The summed E-state index contributed by atoms with van der Waals surface area (Å²) >= 11 is 1.69. The van der Waals surface area contributed by atoms with Crippen molar-refractivity contribution < 1.29 is 9.53 Å². The molecule has 0 heterocycles. The van der Waals surface area contributed by atoms with Gasteiger partial charge in [0, 0.05) is 17.2 Å². The highest BCUT2D eigenvalue weighted by atomic mass is 32.2. The molecule has 0 bridgehead atoms. The molecule has 0 aliphatic heterocycles. The van der Waals surface area contributed by atoms with E-state index in [9.17, 15) is 4.79 Å². The van der Waals surface area contributed by atoms with Gasteiger partial charge in [-0.3, -0.25) is 4.79 Å². The highest BCUT2D eigenvalue weighted by molar-refractivity contribution is 7.99. The number of amides is 1. The molecule has 0 aliphatic rings. The van der Waals surface area contributed by atoms with Gasteiger partial charge in [-0.25, -0.2) is 0 Å². The smallest absolute Gasteiger partial charge is 0.243 e. The largest absolute Gasteiger partial charge is 0.497 e. The van der Waals surface area contributed by atoms with Crippen molar-refractivity contribution >= 4 is 17.7 Å². The number of hydrogen-bond acceptors (Lipinski definition) is 3. The molecule has 1 aromatic carbocycles. The lowest BCUT2D eigenvalue weighted by molar-refractivity contribution is -0.116. The Labute approximate surface area is 99.9 Å². The molecule has 1 aromatic rings. The third kappa shape index (κ3) is 4.40. The summed E-state index contributed by atoms with van der Waals surface area (Å²) in [7, 11) is 1.65. The van der Waals surface area contributed by atoms with Crippen LogP contribution in [0.2, 0.25) is 0 Å². The Morgan fingerprint density at radius 3 is 2.75 bits per heavy atom. The molecule has 1 rings (SSSR count). The van der Waals surface area contributed by atoms with Gasteiger partial charge in [0.25, 0.3) is 0 Å². The van der Waals surface area contributed by atoms with Gasteiger partial charge < -0.3 is 10.1 Å². The fourth-order valence-corrected chi connectivity index (χ4v) is 1.86. The van der Waals surface area contributed by atoms with Crippen LogP contribution in [0.1, 0.15) is 0 Å².